The Bertz CT molecular complexity index is 767. The average molecular weight is 321 g/mol. The van der Waals surface area contributed by atoms with Crippen molar-refractivity contribution in [3.63, 3.8) is 0 Å². The molecule has 1 aliphatic heterocycles. The summed E-state index contributed by atoms with van der Waals surface area (Å²) in [5, 5.41) is 0.854. The van der Waals surface area contributed by atoms with Crippen molar-refractivity contribution in [2.75, 3.05) is 12.4 Å². The third-order valence-electron chi connectivity index (χ3n) is 3.70. The minimum absolute atomic E-state index is 0.116. The van der Waals surface area contributed by atoms with Gasteiger partial charge in [0.25, 0.3) is 0 Å². The van der Waals surface area contributed by atoms with Crippen LogP contribution in [-0.2, 0) is 14.9 Å². The molecule has 1 fully saturated rings. The van der Waals surface area contributed by atoms with Crippen molar-refractivity contribution in [1.29, 1.82) is 0 Å². The molecule has 5 nitrogen and oxygen atoms in total. The molecular weight excluding hydrogens is 302 g/mol. The van der Waals surface area contributed by atoms with Crippen LogP contribution in [0.4, 0.5) is 0 Å². The summed E-state index contributed by atoms with van der Waals surface area (Å²) in [6.07, 6.45) is 2.47. The number of para-hydroxylation sites is 1. The van der Waals surface area contributed by atoms with Gasteiger partial charge in [-0.3, -0.25) is 0 Å². The van der Waals surface area contributed by atoms with Crippen molar-refractivity contribution in [3.05, 3.63) is 36.0 Å². The molecule has 6 heteroatoms. The molecule has 0 aliphatic carbocycles. The molecule has 1 atom stereocenters. The van der Waals surface area contributed by atoms with Crippen LogP contribution in [0.15, 0.2) is 30.3 Å². The number of nitrogens with zero attached hydrogens (tertiary/aromatic N) is 1. The van der Waals surface area contributed by atoms with E-state index in [1.807, 2.05) is 25.1 Å². The van der Waals surface area contributed by atoms with Crippen LogP contribution in [0.25, 0.3) is 10.9 Å². The first-order chi connectivity index (χ1) is 10.5. The van der Waals surface area contributed by atoms with E-state index in [-0.39, 0.29) is 17.6 Å². The molecule has 3 rings (SSSR count). The maximum atomic E-state index is 12.3. The molecule has 1 aliphatic rings. The first-order valence-electron chi connectivity index (χ1n) is 7.44. The predicted molar refractivity (Wildman–Crippen MR) is 84.5 cm³/mol. The van der Waals surface area contributed by atoms with E-state index in [0.717, 1.165) is 30.3 Å². The summed E-state index contributed by atoms with van der Waals surface area (Å²) < 4.78 is 35.3. The van der Waals surface area contributed by atoms with E-state index in [9.17, 15) is 8.42 Å². The molecule has 1 unspecified atom stereocenters. The van der Waals surface area contributed by atoms with Gasteiger partial charge >= 0.3 is 10.1 Å². The maximum absolute atomic E-state index is 12.3. The number of fused-ring (bicyclic) bond motifs is 1. The van der Waals surface area contributed by atoms with Gasteiger partial charge < -0.3 is 8.92 Å². The Morgan fingerprint density at radius 3 is 2.91 bits per heavy atom. The Balaban J connectivity index is 1.83. The highest BCUT2D eigenvalue weighted by molar-refractivity contribution is 7.87. The Kier molecular flexibility index (Phi) is 4.31. The highest BCUT2D eigenvalue weighted by atomic mass is 32.2. The zero-order valence-corrected chi connectivity index (χ0v) is 13.3. The summed E-state index contributed by atoms with van der Waals surface area (Å²) >= 11 is 0. The van der Waals surface area contributed by atoms with E-state index >= 15 is 0 Å². The van der Waals surface area contributed by atoms with Gasteiger partial charge in [0.05, 0.1) is 6.10 Å². The van der Waals surface area contributed by atoms with Crippen molar-refractivity contribution in [1.82, 2.24) is 4.98 Å². The maximum Gasteiger partial charge on any atom is 0.311 e. The second-order valence-corrected chi connectivity index (χ2v) is 7.19. The van der Waals surface area contributed by atoms with Gasteiger partial charge in [-0.2, -0.15) is 8.42 Å². The first-order valence-corrected chi connectivity index (χ1v) is 9.01. The molecular formula is C16H19NO4S. The van der Waals surface area contributed by atoms with Crippen molar-refractivity contribution in [3.8, 4) is 5.75 Å². The summed E-state index contributed by atoms with van der Waals surface area (Å²) in [6, 6.07) is 9.07. The second-order valence-electron chi connectivity index (χ2n) is 5.58. The van der Waals surface area contributed by atoms with Crippen molar-refractivity contribution >= 4 is 21.0 Å². The molecule has 0 amide bonds. The summed E-state index contributed by atoms with van der Waals surface area (Å²) in [6.45, 7) is 2.48. The smallest absolute Gasteiger partial charge is 0.311 e. The fourth-order valence-corrected chi connectivity index (χ4v) is 3.82. The molecule has 1 aromatic heterocycles. The van der Waals surface area contributed by atoms with E-state index in [1.54, 1.807) is 12.1 Å². The van der Waals surface area contributed by atoms with Crippen LogP contribution in [0, 0.1) is 6.92 Å². The van der Waals surface area contributed by atoms with Crippen molar-refractivity contribution in [2.24, 2.45) is 0 Å². The van der Waals surface area contributed by atoms with E-state index in [4.69, 9.17) is 8.92 Å². The van der Waals surface area contributed by atoms with Gasteiger partial charge in [-0.15, -0.1) is 0 Å². The quantitative estimate of drug-likeness (QED) is 0.810. The highest BCUT2D eigenvalue weighted by Crippen LogP contribution is 2.26. The lowest BCUT2D eigenvalue weighted by molar-refractivity contribution is 0.0298. The number of pyridine rings is 1. The Morgan fingerprint density at radius 2 is 2.14 bits per heavy atom. The molecule has 1 saturated heterocycles. The molecule has 0 radical (unpaired) electrons. The van der Waals surface area contributed by atoms with Crippen LogP contribution in [0.2, 0.25) is 0 Å². The van der Waals surface area contributed by atoms with Gasteiger partial charge in [-0.25, -0.2) is 4.98 Å². The lowest BCUT2D eigenvalue weighted by Gasteiger charge is -2.22. The van der Waals surface area contributed by atoms with Crippen LogP contribution < -0.4 is 4.18 Å². The van der Waals surface area contributed by atoms with Gasteiger partial charge in [0.15, 0.2) is 5.75 Å². The van der Waals surface area contributed by atoms with E-state index in [2.05, 4.69) is 4.98 Å². The summed E-state index contributed by atoms with van der Waals surface area (Å²) in [7, 11) is -3.70. The summed E-state index contributed by atoms with van der Waals surface area (Å²) in [5.41, 5.74) is 1.38. The number of aryl methyl sites for hydroxylation is 1. The Hall–Kier alpha value is -1.66. The number of hydrogen-bond donors (Lipinski definition) is 0. The van der Waals surface area contributed by atoms with Gasteiger partial charge in [0.1, 0.15) is 11.3 Å². The van der Waals surface area contributed by atoms with Crippen LogP contribution in [0.3, 0.4) is 0 Å². The zero-order chi connectivity index (χ0) is 15.6. The predicted octanol–water partition coefficient (Wildman–Crippen LogP) is 2.82. The third kappa shape index (κ3) is 3.56. The van der Waals surface area contributed by atoms with Gasteiger partial charge in [0.2, 0.25) is 0 Å². The summed E-state index contributed by atoms with van der Waals surface area (Å²) in [4.78, 5) is 4.39. The van der Waals surface area contributed by atoms with Gasteiger partial charge in [0, 0.05) is 17.7 Å². The largest absolute Gasteiger partial charge is 0.380 e. The van der Waals surface area contributed by atoms with E-state index < -0.39 is 10.1 Å². The number of ether oxygens (including phenoxy) is 1. The van der Waals surface area contributed by atoms with Crippen LogP contribution in [0.1, 0.15) is 25.0 Å². The molecule has 0 bridgehead atoms. The lowest BCUT2D eigenvalue weighted by atomic mass is 10.1. The number of hydrogen-bond acceptors (Lipinski definition) is 5. The third-order valence-corrected chi connectivity index (χ3v) is 4.92. The van der Waals surface area contributed by atoms with Gasteiger partial charge in [-0.1, -0.05) is 18.2 Å². The topological polar surface area (TPSA) is 65.5 Å². The second kappa shape index (κ2) is 6.22. The average Bonchev–Trinajstić information content (AvgIpc) is 2.48. The van der Waals surface area contributed by atoms with E-state index in [1.165, 1.54) is 0 Å². The fraction of sp³-hybridized carbons (Fsp3) is 0.438. The SMILES string of the molecule is Cc1ccc2cccc(OS(=O)(=O)CC3CCCCO3)c2n1. The number of rotatable bonds is 4. The highest BCUT2D eigenvalue weighted by Gasteiger charge is 2.24. The molecule has 1 aromatic carbocycles. The van der Waals surface area contributed by atoms with Crippen LogP contribution >= 0.6 is 0 Å². The standard InChI is InChI=1S/C16H19NO4S/c1-12-8-9-13-5-4-7-15(16(13)17-12)21-22(18,19)11-14-6-2-3-10-20-14/h4-5,7-9,14H,2-3,6,10-11H2,1H3. The number of aromatic nitrogens is 1. The fourth-order valence-electron chi connectivity index (χ4n) is 2.62. The monoisotopic (exact) mass is 321 g/mol. The minimum atomic E-state index is -3.70. The molecule has 2 aromatic rings. The zero-order valence-electron chi connectivity index (χ0n) is 12.5. The molecule has 0 N–H and O–H groups in total. The Morgan fingerprint density at radius 1 is 1.27 bits per heavy atom. The lowest BCUT2D eigenvalue weighted by Crippen LogP contribution is -2.30. The van der Waals surface area contributed by atoms with Crippen LogP contribution in [-0.4, -0.2) is 31.9 Å². The summed E-state index contributed by atoms with van der Waals surface area (Å²) in [5.74, 6) is 0.159. The van der Waals surface area contributed by atoms with Crippen molar-refractivity contribution in [2.45, 2.75) is 32.3 Å². The van der Waals surface area contributed by atoms with E-state index in [0.29, 0.717) is 12.1 Å². The Labute approximate surface area is 130 Å². The molecule has 22 heavy (non-hydrogen) atoms. The normalized spacial score (nSPS) is 19.2. The molecule has 2 heterocycles. The molecule has 0 saturated carbocycles. The minimum Gasteiger partial charge on any atom is -0.380 e. The molecule has 0 spiro atoms. The van der Waals surface area contributed by atoms with Crippen molar-refractivity contribution < 1.29 is 17.3 Å². The van der Waals surface area contributed by atoms with Gasteiger partial charge in [-0.05, 0) is 38.3 Å². The first kappa shape index (κ1) is 15.2. The van der Waals surface area contributed by atoms with Crippen LogP contribution in [0.5, 0.6) is 5.75 Å². The molecule has 118 valence electrons. The number of benzene rings is 1.